The summed E-state index contributed by atoms with van der Waals surface area (Å²) >= 11 is 0. The van der Waals surface area contributed by atoms with Crippen molar-refractivity contribution in [2.75, 3.05) is 7.05 Å². The first-order valence-corrected chi connectivity index (χ1v) is 10.5. The minimum atomic E-state index is -3.97. The van der Waals surface area contributed by atoms with Crippen LogP contribution in [0.15, 0.2) is 83.4 Å². The number of carbonyl (C=O) groups is 1. The Kier molecular flexibility index (Phi) is 4.65. The van der Waals surface area contributed by atoms with E-state index in [1.807, 2.05) is 6.07 Å². The molecule has 0 aromatic heterocycles. The van der Waals surface area contributed by atoms with Gasteiger partial charge in [0.2, 0.25) is 5.78 Å². The van der Waals surface area contributed by atoms with Gasteiger partial charge in [0.25, 0.3) is 10.0 Å². The molecule has 3 aromatic carbocycles. The highest BCUT2D eigenvalue weighted by Crippen LogP contribution is 2.34. The number of ketones is 1. The molecule has 0 bridgehead atoms. The lowest BCUT2D eigenvalue weighted by Crippen LogP contribution is -2.37. The Morgan fingerprint density at radius 2 is 1.63 bits per heavy atom. The number of hydrogen-bond acceptors (Lipinski definition) is 5. The van der Waals surface area contributed by atoms with Crippen molar-refractivity contribution in [3.05, 3.63) is 95.2 Å². The lowest BCUT2D eigenvalue weighted by molar-refractivity contribution is 0.100. The first-order chi connectivity index (χ1) is 14.3. The van der Waals surface area contributed by atoms with E-state index in [-0.39, 0.29) is 16.2 Å². The number of hydrogen-bond donors (Lipinski definition) is 1. The number of benzene rings is 3. The monoisotopic (exact) mass is 416 g/mol. The van der Waals surface area contributed by atoms with Crippen LogP contribution in [0.2, 0.25) is 0 Å². The van der Waals surface area contributed by atoms with Crippen molar-refractivity contribution in [1.29, 1.82) is 5.26 Å². The molecule has 0 fully saturated rings. The van der Waals surface area contributed by atoms with Crippen molar-refractivity contribution in [2.24, 2.45) is 0 Å². The van der Waals surface area contributed by atoms with Crippen LogP contribution in [-0.4, -0.2) is 30.7 Å². The van der Waals surface area contributed by atoms with Gasteiger partial charge in [-0.15, -0.1) is 0 Å². The van der Waals surface area contributed by atoms with Gasteiger partial charge in [0, 0.05) is 18.2 Å². The van der Waals surface area contributed by atoms with Crippen LogP contribution in [0.1, 0.15) is 21.5 Å². The predicted octanol–water partition coefficient (Wildman–Crippen LogP) is 3.97. The first-order valence-electron chi connectivity index (χ1n) is 9.01. The SMILES string of the molecule is CN1C(=C(O)c2cccc(-c3cccc(C#N)c3)c2)C(=O)c2ccccc2S1(=O)=O. The molecule has 7 heteroatoms. The molecular weight excluding hydrogens is 400 g/mol. The average Bonchev–Trinajstić information content (AvgIpc) is 2.78. The number of likely N-dealkylation sites (N-methyl/N-ethyl adjacent to an activating group) is 1. The zero-order chi connectivity index (χ0) is 21.5. The number of sulfonamides is 1. The van der Waals surface area contributed by atoms with E-state index in [0.29, 0.717) is 16.7 Å². The van der Waals surface area contributed by atoms with Crippen LogP contribution in [0.25, 0.3) is 16.9 Å². The topological polar surface area (TPSA) is 98.5 Å². The molecule has 6 nitrogen and oxygen atoms in total. The molecule has 0 atom stereocenters. The number of aliphatic hydroxyl groups excluding tert-OH is 1. The highest BCUT2D eigenvalue weighted by Gasteiger charge is 2.39. The molecule has 4 rings (SSSR count). The predicted molar refractivity (Wildman–Crippen MR) is 112 cm³/mol. The van der Waals surface area contributed by atoms with Crippen molar-refractivity contribution in [3.8, 4) is 17.2 Å². The maximum atomic E-state index is 13.0. The number of nitriles is 1. The normalized spacial score (nSPS) is 16.5. The van der Waals surface area contributed by atoms with Crippen molar-refractivity contribution < 1.29 is 18.3 Å². The minimum Gasteiger partial charge on any atom is -0.505 e. The molecule has 0 amide bonds. The van der Waals surface area contributed by atoms with Crippen molar-refractivity contribution in [2.45, 2.75) is 4.90 Å². The van der Waals surface area contributed by atoms with E-state index in [2.05, 4.69) is 6.07 Å². The van der Waals surface area contributed by atoms with Gasteiger partial charge in [0.15, 0.2) is 5.76 Å². The number of nitrogens with zero attached hydrogens (tertiary/aromatic N) is 2. The smallest absolute Gasteiger partial charge is 0.265 e. The number of allylic oxidation sites excluding steroid dienone is 1. The summed E-state index contributed by atoms with van der Waals surface area (Å²) in [5.74, 6) is -1.00. The number of carbonyl (C=O) groups excluding carboxylic acids is 1. The molecule has 148 valence electrons. The van der Waals surface area contributed by atoms with Crippen LogP contribution in [0.5, 0.6) is 0 Å². The molecule has 0 saturated heterocycles. The maximum Gasteiger partial charge on any atom is 0.265 e. The second-order valence-electron chi connectivity index (χ2n) is 6.77. The van der Waals surface area contributed by atoms with Crippen molar-refractivity contribution >= 4 is 21.6 Å². The average molecular weight is 416 g/mol. The van der Waals surface area contributed by atoms with Gasteiger partial charge < -0.3 is 5.11 Å². The second-order valence-corrected chi connectivity index (χ2v) is 8.71. The Morgan fingerprint density at radius 3 is 2.37 bits per heavy atom. The lowest BCUT2D eigenvalue weighted by atomic mass is 9.99. The van der Waals surface area contributed by atoms with Crippen molar-refractivity contribution in [1.82, 2.24) is 4.31 Å². The molecular formula is C23H16N2O4S. The summed E-state index contributed by atoms with van der Waals surface area (Å²) in [5, 5.41) is 20.0. The summed E-state index contributed by atoms with van der Waals surface area (Å²) in [5.41, 5.74) is 1.97. The van der Waals surface area contributed by atoms with Gasteiger partial charge in [-0.2, -0.15) is 5.26 Å². The van der Waals surface area contributed by atoms with Gasteiger partial charge in [0.05, 0.1) is 16.5 Å². The van der Waals surface area contributed by atoms with Crippen LogP contribution >= 0.6 is 0 Å². The van der Waals surface area contributed by atoms with Gasteiger partial charge in [0.1, 0.15) is 5.70 Å². The van der Waals surface area contributed by atoms with Gasteiger partial charge >= 0.3 is 0 Å². The number of fused-ring (bicyclic) bond motifs is 1. The molecule has 1 aliphatic heterocycles. The second kappa shape index (κ2) is 7.17. The Balaban J connectivity index is 1.87. The van der Waals surface area contributed by atoms with Crippen LogP contribution in [0.4, 0.5) is 0 Å². The van der Waals surface area contributed by atoms with Crippen LogP contribution in [-0.2, 0) is 10.0 Å². The van der Waals surface area contributed by atoms with E-state index < -0.39 is 21.6 Å². The summed E-state index contributed by atoms with van der Waals surface area (Å²) < 4.78 is 26.5. The highest BCUT2D eigenvalue weighted by atomic mass is 32.2. The molecule has 0 radical (unpaired) electrons. The molecule has 0 unspecified atom stereocenters. The number of Topliss-reactive ketones (excluding diaryl/α,β-unsaturated/α-hetero) is 1. The fourth-order valence-corrected chi connectivity index (χ4v) is 4.82. The third kappa shape index (κ3) is 3.04. The molecule has 30 heavy (non-hydrogen) atoms. The van der Waals surface area contributed by atoms with E-state index >= 15 is 0 Å². The first kappa shape index (κ1) is 19.4. The summed E-state index contributed by atoms with van der Waals surface area (Å²) in [6, 6.07) is 21.7. The Bertz CT molecular complexity index is 1370. The van der Waals surface area contributed by atoms with Crippen LogP contribution in [0, 0.1) is 11.3 Å². The summed E-state index contributed by atoms with van der Waals surface area (Å²) in [6.45, 7) is 0. The lowest BCUT2D eigenvalue weighted by Gasteiger charge is -2.28. The van der Waals surface area contributed by atoms with E-state index in [1.165, 1.54) is 19.2 Å². The Hall–Kier alpha value is -3.89. The minimum absolute atomic E-state index is 0.0232. The number of aliphatic hydroxyl groups is 1. The van der Waals surface area contributed by atoms with E-state index in [1.54, 1.807) is 54.6 Å². The number of rotatable bonds is 2. The molecule has 3 aromatic rings. The maximum absolute atomic E-state index is 13.0. The zero-order valence-electron chi connectivity index (χ0n) is 15.9. The van der Waals surface area contributed by atoms with Gasteiger partial charge in [-0.3, -0.25) is 9.10 Å². The Labute approximate surface area is 174 Å². The van der Waals surface area contributed by atoms with Gasteiger partial charge in [-0.25, -0.2) is 8.42 Å². The third-order valence-corrected chi connectivity index (χ3v) is 6.80. The summed E-state index contributed by atoms with van der Waals surface area (Å²) in [6.07, 6.45) is 0. The largest absolute Gasteiger partial charge is 0.505 e. The Morgan fingerprint density at radius 1 is 0.967 bits per heavy atom. The van der Waals surface area contributed by atoms with E-state index in [9.17, 15) is 18.3 Å². The van der Waals surface area contributed by atoms with E-state index in [0.717, 1.165) is 9.87 Å². The third-order valence-electron chi connectivity index (χ3n) is 4.99. The van der Waals surface area contributed by atoms with Gasteiger partial charge in [-0.1, -0.05) is 42.5 Å². The molecule has 0 spiro atoms. The molecule has 1 heterocycles. The molecule has 0 saturated carbocycles. The zero-order valence-corrected chi connectivity index (χ0v) is 16.7. The molecule has 1 N–H and O–H groups in total. The highest BCUT2D eigenvalue weighted by molar-refractivity contribution is 7.89. The van der Waals surface area contributed by atoms with E-state index in [4.69, 9.17) is 5.26 Å². The quantitative estimate of drug-likeness (QED) is 0.503. The van der Waals surface area contributed by atoms with Crippen LogP contribution < -0.4 is 0 Å². The summed E-state index contributed by atoms with van der Waals surface area (Å²) in [4.78, 5) is 12.9. The fraction of sp³-hybridized carbons (Fsp3) is 0.0435. The molecule has 0 aliphatic carbocycles. The fourth-order valence-electron chi connectivity index (χ4n) is 3.43. The van der Waals surface area contributed by atoms with Crippen LogP contribution in [0.3, 0.4) is 0 Å². The van der Waals surface area contributed by atoms with Crippen molar-refractivity contribution in [3.63, 3.8) is 0 Å². The van der Waals surface area contributed by atoms with Gasteiger partial charge in [-0.05, 0) is 41.5 Å². The summed E-state index contributed by atoms with van der Waals surface area (Å²) in [7, 11) is -2.72. The molecule has 1 aliphatic rings. The standard InChI is InChI=1S/C23H16N2O4S/c1-25-21(23(27)19-10-2-3-11-20(19)30(25,28)29)22(26)18-9-5-8-17(13-18)16-7-4-6-15(12-16)14-24/h2-13,26H,1H3.